The summed E-state index contributed by atoms with van der Waals surface area (Å²) in [6, 6.07) is 8.20. The maximum atomic E-state index is 12.6. The largest absolute Gasteiger partial charge is 0.301 e. The zero-order chi connectivity index (χ0) is 18.1. The van der Waals surface area contributed by atoms with Crippen LogP contribution < -0.4 is 5.32 Å². The summed E-state index contributed by atoms with van der Waals surface area (Å²) in [5.74, 6) is 0.0115. The van der Waals surface area contributed by atoms with Crippen molar-refractivity contribution in [2.45, 2.75) is 38.8 Å². The standard InChI is InChI=1S/C19H23N5OS/c1-13-11-20-24(12-13)15-7-9-23(10-8-15)14(2)18(25)22-19-21-16-5-3-4-6-17(16)26-19/h3-6,11-12,14-15H,7-10H2,1-2H3,(H,21,22,25)/t14-/m0/s1. The number of benzene rings is 1. The Bertz CT molecular complexity index is 876. The maximum absolute atomic E-state index is 12.6. The minimum Gasteiger partial charge on any atom is -0.301 e. The average molecular weight is 369 g/mol. The van der Waals surface area contributed by atoms with Gasteiger partial charge in [-0.3, -0.25) is 14.4 Å². The van der Waals surface area contributed by atoms with E-state index in [0.29, 0.717) is 11.2 Å². The lowest BCUT2D eigenvalue weighted by Gasteiger charge is -2.35. The van der Waals surface area contributed by atoms with Gasteiger partial charge in [0.05, 0.1) is 28.5 Å². The number of anilines is 1. The number of rotatable bonds is 4. The molecule has 3 aromatic rings. The summed E-state index contributed by atoms with van der Waals surface area (Å²) in [6.45, 7) is 5.84. The van der Waals surface area contributed by atoms with Crippen molar-refractivity contribution in [2.24, 2.45) is 0 Å². The SMILES string of the molecule is Cc1cnn(C2CCN([C@@H](C)C(=O)Nc3nc4ccccc4s3)CC2)c1. The molecule has 4 rings (SSSR count). The number of aromatic nitrogens is 3. The Kier molecular flexibility index (Phi) is 4.74. The third-order valence-corrected chi connectivity index (χ3v) is 6.01. The van der Waals surface area contributed by atoms with Crippen molar-refractivity contribution in [2.75, 3.05) is 18.4 Å². The van der Waals surface area contributed by atoms with E-state index in [-0.39, 0.29) is 11.9 Å². The molecule has 1 atom stereocenters. The topological polar surface area (TPSA) is 63.1 Å². The van der Waals surface area contributed by atoms with E-state index < -0.39 is 0 Å². The van der Waals surface area contributed by atoms with Gasteiger partial charge in [0.2, 0.25) is 5.91 Å². The van der Waals surface area contributed by atoms with E-state index in [1.807, 2.05) is 37.4 Å². The van der Waals surface area contributed by atoms with E-state index >= 15 is 0 Å². The van der Waals surface area contributed by atoms with Gasteiger partial charge in [-0.25, -0.2) is 4.98 Å². The van der Waals surface area contributed by atoms with Gasteiger partial charge in [0.1, 0.15) is 0 Å². The summed E-state index contributed by atoms with van der Waals surface area (Å²) >= 11 is 1.52. The number of aryl methyl sites for hydroxylation is 1. The van der Waals surface area contributed by atoms with Gasteiger partial charge in [-0.05, 0) is 44.4 Å². The molecule has 1 fully saturated rings. The van der Waals surface area contributed by atoms with Gasteiger partial charge in [-0.1, -0.05) is 23.5 Å². The molecule has 136 valence electrons. The predicted molar refractivity (Wildman–Crippen MR) is 105 cm³/mol. The monoisotopic (exact) mass is 369 g/mol. The van der Waals surface area contributed by atoms with E-state index in [0.717, 1.165) is 36.1 Å². The van der Waals surface area contributed by atoms with Crippen molar-refractivity contribution in [1.29, 1.82) is 0 Å². The van der Waals surface area contributed by atoms with Crippen LogP contribution in [-0.4, -0.2) is 44.7 Å². The number of thiazole rings is 1. The van der Waals surface area contributed by atoms with Crippen LogP contribution >= 0.6 is 11.3 Å². The zero-order valence-electron chi connectivity index (χ0n) is 15.1. The van der Waals surface area contributed by atoms with E-state index in [4.69, 9.17) is 0 Å². The molecule has 0 bridgehead atoms. The zero-order valence-corrected chi connectivity index (χ0v) is 15.9. The molecule has 0 radical (unpaired) electrons. The molecule has 3 heterocycles. The fraction of sp³-hybridized carbons (Fsp3) is 0.421. The quantitative estimate of drug-likeness (QED) is 0.765. The van der Waals surface area contributed by atoms with Crippen molar-refractivity contribution in [3.63, 3.8) is 0 Å². The van der Waals surface area contributed by atoms with Gasteiger partial charge in [-0.15, -0.1) is 0 Å². The molecule has 1 N–H and O–H groups in total. The molecule has 6 nitrogen and oxygen atoms in total. The highest BCUT2D eigenvalue weighted by Crippen LogP contribution is 2.27. The Morgan fingerprint density at radius 3 is 2.77 bits per heavy atom. The molecule has 1 aliphatic rings. The van der Waals surface area contributed by atoms with E-state index in [1.54, 1.807) is 0 Å². The minimum atomic E-state index is -0.165. The number of nitrogens with one attached hydrogen (secondary N) is 1. The summed E-state index contributed by atoms with van der Waals surface area (Å²) in [7, 11) is 0. The van der Waals surface area contributed by atoms with Gasteiger partial charge >= 0.3 is 0 Å². The number of carbonyl (C=O) groups excluding carboxylic acids is 1. The molecule has 1 amide bonds. The highest BCUT2D eigenvalue weighted by Gasteiger charge is 2.28. The maximum Gasteiger partial charge on any atom is 0.243 e. The Labute approximate surface area is 156 Å². The number of hydrogen-bond acceptors (Lipinski definition) is 5. The van der Waals surface area contributed by atoms with Gasteiger partial charge in [-0.2, -0.15) is 5.10 Å². The molecule has 0 unspecified atom stereocenters. The van der Waals surface area contributed by atoms with Crippen LogP contribution in [0, 0.1) is 6.92 Å². The molecule has 1 aromatic carbocycles. The van der Waals surface area contributed by atoms with Gasteiger partial charge in [0.15, 0.2) is 5.13 Å². The minimum absolute atomic E-state index is 0.0115. The third-order valence-electron chi connectivity index (χ3n) is 5.05. The smallest absolute Gasteiger partial charge is 0.243 e. The van der Waals surface area contributed by atoms with Crippen LogP contribution in [0.4, 0.5) is 5.13 Å². The number of hydrogen-bond donors (Lipinski definition) is 1. The van der Waals surface area contributed by atoms with E-state index in [9.17, 15) is 4.79 Å². The Morgan fingerprint density at radius 1 is 1.31 bits per heavy atom. The lowest BCUT2D eigenvalue weighted by atomic mass is 10.0. The third kappa shape index (κ3) is 3.50. The summed E-state index contributed by atoms with van der Waals surface area (Å²) < 4.78 is 3.16. The molecule has 1 aliphatic heterocycles. The van der Waals surface area contributed by atoms with E-state index in [2.05, 4.69) is 38.1 Å². The molecular formula is C19H23N5OS. The van der Waals surface area contributed by atoms with Crippen molar-refractivity contribution in [3.05, 3.63) is 42.2 Å². The first-order valence-electron chi connectivity index (χ1n) is 9.01. The molecule has 0 spiro atoms. The first-order valence-corrected chi connectivity index (χ1v) is 9.83. The van der Waals surface area contributed by atoms with Crippen LogP contribution in [0.5, 0.6) is 0 Å². The summed E-state index contributed by atoms with van der Waals surface area (Å²) in [6.07, 6.45) is 6.03. The second-order valence-corrected chi connectivity index (χ2v) is 7.95. The van der Waals surface area contributed by atoms with Crippen LogP contribution in [-0.2, 0) is 4.79 Å². The van der Waals surface area contributed by atoms with Crippen LogP contribution in [0.25, 0.3) is 10.2 Å². The fourth-order valence-corrected chi connectivity index (χ4v) is 4.34. The first-order chi connectivity index (χ1) is 12.6. The highest BCUT2D eigenvalue weighted by atomic mass is 32.1. The van der Waals surface area contributed by atoms with Crippen molar-refractivity contribution >= 4 is 32.6 Å². The molecule has 2 aromatic heterocycles. The Hall–Kier alpha value is -2.25. The molecule has 7 heteroatoms. The van der Waals surface area contributed by atoms with Gasteiger partial charge in [0, 0.05) is 19.3 Å². The van der Waals surface area contributed by atoms with Gasteiger partial charge in [0.25, 0.3) is 0 Å². The fourth-order valence-electron chi connectivity index (χ4n) is 3.47. The van der Waals surface area contributed by atoms with Crippen LogP contribution in [0.15, 0.2) is 36.7 Å². The lowest BCUT2D eigenvalue weighted by Crippen LogP contribution is -2.46. The van der Waals surface area contributed by atoms with Crippen LogP contribution in [0.2, 0.25) is 0 Å². The number of likely N-dealkylation sites (tertiary alicyclic amines) is 1. The van der Waals surface area contributed by atoms with Crippen LogP contribution in [0.3, 0.4) is 0 Å². The summed E-state index contributed by atoms with van der Waals surface area (Å²) in [5, 5.41) is 8.09. The summed E-state index contributed by atoms with van der Waals surface area (Å²) in [5.41, 5.74) is 2.12. The van der Waals surface area contributed by atoms with Crippen molar-refractivity contribution < 1.29 is 4.79 Å². The van der Waals surface area contributed by atoms with Crippen molar-refractivity contribution in [1.82, 2.24) is 19.7 Å². The van der Waals surface area contributed by atoms with Crippen molar-refractivity contribution in [3.8, 4) is 0 Å². The average Bonchev–Trinajstić information content (AvgIpc) is 3.26. The summed E-state index contributed by atoms with van der Waals surface area (Å²) in [4.78, 5) is 19.4. The number of fused-ring (bicyclic) bond motifs is 1. The second kappa shape index (κ2) is 7.17. The number of para-hydroxylation sites is 1. The Balaban J connectivity index is 1.35. The molecule has 26 heavy (non-hydrogen) atoms. The number of amides is 1. The number of nitrogens with zero attached hydrogens (tertiary/aromatic N) is 4. The Morgan fingerprint density at radius 2 is 2.08 bits per heavy atom. The molecular weight excluding hydrogens is 346 g/mol. The molecule has 1 saturated heterocycles. The predicted octanol–water partition coefficient (Wildman–Crippen LogP) is 3.47. The number of piperidine rings is 1. The normalized spacial score (nSPS) is 17.5. The van der Waals surface area contributed by atoms with Gasteiger partial charge < -0.3 is 5.32 Å². The van der Waals surface area contributed by atoms with Crippen LogP contribution in [0.1, 0.15) is 31.4 Å². The molecule has 0 aliphatic carbocycles. The highest BCUT2D eigenvalue weighted by molar-refractivity contribution is 7.22. The van der Waals surface area contributed by atoms with E-state index in [1.165, 1.54) is 16.9 Å². The number of carbonyl (C=O) groups is 1. The first kappa shape index (κ1) is 17.2. The molecule has 0 saturated carbocycles. The second-order valence-electron chi connectivity index (χ2n) is 6.92. The lowest BCUT2D eigenvalue weighted by molar-refractivity contribution is -0.121.